The van der Waals surface area contributed by atoms with E-state index in [2.05, 4.69) is 43.5 Å². The van der Waals surface area contributed by atoms with Crippen molar-refractivity contribution in [3.63, 3.8) is 0 Å². The van der Waals surface area contributed by atoms with Crippen LogP contribution in [0, 0.1) is 5.41 Å². The maximum Gasteiger partial charge on any atom is 0.308 e. The number of nitrogens with zero attached hydrogens (tertiary/aromatic N) is 10. The van der Waals surface area contributed by atoms with Crippen molar-refractivity contribution in [3.05, 3.63) is 30.8 Å². The van der Waals surface area contributed by atoms with Crippen molar-refractivity contribution in [1.82, 2.24) is 33.8 Å². The van der Waals surface area contributed by atoms with E-state index in [0.29, 0.717) is 21.9 Å². The van der Waals surface area contributed by atoms with Crippen LogP contribution in [0.25, 0.3) is 22.3 Å². The predicted octanol–water partition coefficient (Wildman–Crippen LogP) is 1.46. The van der Waals surface area contributed by atoms with Crippen LogP contribution in [-0.2, 0) is 0 Å². The van der Waals surface area contributed by atoms with Crippen LogP contribution in [0.2, 0.25) is 0 Å². The molecule has 1 aliphatic heterocycles. The molecule has 31 heavy (non-hydrogen) atoms. The zero-order valence-electron chi connectivity index (χ0n) is 18.4. The van der Waals surface area contributed by atoms with Gasteiger partial charge in [-0.3, -0.25) is 5.41 Å². The van der Waals surface area contributed by atoms with Gasteiger partial charge >= 0.3 is 5.65 Å². The van der Waals surface area contributed by atoms with E-state index in [-0.39, 0.29) is 11.5 Å². The molecule has 2 N–H and O–H groups in total. The van der Waals surface area contributed by atoms with Crippen LogP contribution in [0.15, 0.2) is 30.4 Å². The molecule has 4 aromatic rings. The van der Waals surface area contributed by atoms with Crippen LogP contribution >= 0.6 is 0 Å². The molecule has 0 radical (unpaired) electrons. The Hall–Kier alpha value is -3.83. The molecule has 162 valence electrons. The van der Waals surface area contributed by atoms with Gasteiger partial charge in [0.15, 0.2) is 41.0 Å². The standard InChI is InChI=1S/C11H15N6.C8H11N5O/c1-7(2)16-6-17-8(3)14-15(4)10-9(17)11(16)13-5-12-10;1-5(2)12-3-10-6-7(9)13(14)4-11-8(6)12/h5-7H,1-4H3;3-5,9,14H,1-2H3/q+1;. The number of rotatable bonds is 2. The summed E-state index contributed by atoms with van der Waals surface area (Å²) < 4.78 is 6.69. The van der Waals surface area contributed by atoms with E-state index < -0.39 is 0 Å². The highest BCUT2D eigenvalue weighted by Crippen LogP contribution is 2.25. The van der Waals surface area contributed by atoms with Gasteiger partial charge in [-0.05, 0) is 27.7 Å². The summed E-state index contributed by atoms with van der Waals surface area (Å²) >= 11 is 0. The number of anilines is 1. The lowest BCUT2D eigenvalue weighted by Crippen LogP contribution is -2.35. The molecular formula is C19H26N11O+. The molecular weight excluding hydrogens is 398 g/mol. The van der Waals surface area contributed by atoms with Crippen molar-refractivity contribution < 1.29 is 9.77 Å². The fourth-order valence-electron chi connectivity index (χ4n) is 3.48. The second kappa shape index (κ2) is 7.45. The summed E-state index contributed by atoms with van der Waals surface area (Å²) in [7, 11) is 1.90. The summed E-state index contributed by atoms with van der Waals surface area (Å²) in [5.41, 5.74) is 2.95. The lowest BCUT2D eigenvalue weighted by molar-refractivity contribution is -0.693. The van der Waals surface area contributed by atoms with Gasteiger partial charge in [-0.15, -0.1) is 5.10 Å². The second-order valence-corrected chi connectivity index (χ2v) is 7.88. The summed E-state index contributed by atoms with van der Waals surface area (Å²) in [5.74, 6) is 1.78. The Balaban J connectivity index is 0.000000152. The van der Waals surface area contributed by atoms with Crippen LogP contribution in [0.1, 0.15) is 46.7 Å². The molecule has 0 amide bonds. The Morgan fingerprint density at radius 2 is 1.81 bits per heavy atom. The lowest BCUT2D eigenvalue weighted by atomic mass is 10.4. The minimum atomic E-state index is -0.0469. The maximum atomic E-state index is 9.18. The van der Waals surface area contributed by atoms with Crippen LogP contribution in [-0.4, -0.2) is 51.9 Å². The molecule has 0 unspecified atom stereocenters. The number of hydrazone groups is 1. The fourth-order valence-corrected chi connectivity index (χ4v) is 3.48. The number of fused-ring (bicyclic) bond motifs is 1. The summed E-state index contributed by atoms with van der Waals surface area (Å²) in [5, 5.41) is 22.9. The number of aromatic nitrogens is 8. The van der Waals surface area contributed by atoms with Crippen LogP contribution in [0.4, 0.5) is 5.82 Å². The monoisotopic (exact) mass is 424 g/mol. The van der Waals surface area contributed by atoms with Crippen LogP contribution in [0.5, 0.6) is 0 Å². The molecule has 0 fully saturated rings. The van der Waals surface area contributed by atoms with Gasteiger partial charge in [-0.25, -0.2) is 24.1 Å². The summed E-state index contributed by atoms with van der Waals surface area (Å²) in [6.07, 6.45) is 6.46. The molecule has 0 aliphatic carbocycles. The first kappa shape index (κ1) is 20.4. The third-order valence-electron chi connectivity index (χ3n) is 5.08. The van der Waals surface area contributed by atoms with E-state index in [1.165, 1.54) is 6.33 Å². The Bertz CT molecular complexity index is 1360. The number of imidazole rings is 2. The number of hydrogen-bond acceptors (Lipinski definition) is 8. The van der Waals surface area contributed by atoms with Gasteiger partial charge in [-0.1, -0.05) is 4.98 Å². The quantitative estimate of drug-likeness (QED) is 0.370. The number of hydrogen-bond donors (Lipinski definition) is 2. The van der Waals surface area contributed by atoms with Crippen molar-refractivity contribution in [2.45, 2.75) is 46.7 Å². The molecule has 12 heteroatoms. The Kier molecular flexibility index (Phi) is 4.91. The highest BCUT2D eigenvalue weighted by Gasteiger charge is 2.28. The maximum absolute atomic E-state index is 9.18. The van der Waals surface area contributed by atoms with Gasteiger partial charge in [0.25, 0.3) is 0 Å². The molecule has 1 aliphatic rings. The molecule has 0 atom stereocenters. The normalized spacial score (nSPS) is 13.2. The van der Waals surface area contributed by atoms with E-state index in [1.807, 2.05) is 43.3 Å². The van der Waals surface area contributed by atoms with Crippen molar-refractivity contribution in [2.24, 2.45) is 5.10 Å². The van der Waals surface area contributed by atoms with Crippen molar-refractivity contribution >= 4 is 34.0 Å². The van der Waals surface area contributed by atoms with E-state index in [1.54, 1.807) is 17.7 Å². The van der Waals surface area contributed by atoms with E-state index >= 15 is 0 Å². The van der Waals surface area contributed by atoms with Crippen LogP contribution < -0.4 is 15.1 Å². The molecule has 12 nitrogen and oxygen atoms in total. The topological polar surface area (TPSA) is 130 Å². The molecule has 0 aromatic carbocycles. The van der Waals surface area contributed by atoms with Gasteiger partial charge in [0, 0.05) is 20.0 Å². The third-order valence-corrected chi connectivity index (χ3v) is 5.08. The van der Waals surface area contributed by atoms with E-state index in [9.17, 15) is 5.21 Å². The third kappa shape index (κ3) is 3.29. The highest BCUT2D eigenvalue weighted by molar-refractivity contribution is 5.97. The average molecular weight is 424 g/mol. The first-order valence-corrected chi connectivity index (χ1v) is 9.95. The average Bonchev–Trinajstić information content (AvgIpc) is 3.33. The predicted molar refractivity (Wildman–Crippen MR) is 114 cm³/mol. The first-order valence-electron chi connectivity index (χ1n) is 9.95. The Labute approximate surface area is 178 Å². The van der Waals surface area contributed by atoms with E-state index in [0.717, 1.165) is 22.8 Å². The minimum absolute atomic E-state index is 0.0469. The highest BCUT2D eigenvalue weighted by atomic mass is 16.5. The van der Waals surface area contributed by atoms with Gasteiger partial charge in [0.1, 0.15) is 6.33 Å². The van der Waals surface area contributed by atoms with E-state index in [4.69, 9.17) is 5.41 Å². The molecule has 4 aromatic heterocycles. The number of nitrogens with one attached hydrogen (secondary N) is 1. The Morgan fingerprint density at radius 3 is 2.48 bits per heavy atom. The largest absolute Gasteiger partial charge is 0.425 e. The zero-order valence-corrected chi connectivity index (χ0v) is 18.4. The summed E-state index contributed by atoms with van der Waals surface area (Å²) in [6.45, 7) is 10.3. The molecule has 5 rings (SSSR count). The van der Waals surface area contributed by atoms with Crippen molar-refractivity contribution in [3.8, 4) is 0 Å². The molecule has 0 saturated carbocycles. The van der Waals surface area contributed by atoms with Crippen molar-refractivity contribution in [1.29, 1.82) is 5.41 Å². The summed E-state index contributed by atoms with van der Waals surface area (Å²) in [6, 6.07) is 0.596. The zero-order chi connectivity index (χ0) is 22.4. The molecule has 0 saturated heterocycles. The van der Waals surface area contributed by atoms with Crippen LogP contribution in [0.3, 0.4) is 0 Å². The fraction of sp³-hybridized carbons (Fsp3) is 0.421. The second-order valence-electron chi connectivity index (χ2n) is 7.88. The minimum Gasteiger partial charge on any atom is -0.425 e. The van der Waals surface area contributed by atoms with Gasteiger partial charge in [0.05, 0.1) is 12.4 Å². The molecule has 0 bridgehead atoms. The Morgan fingerprint density at radius 1 is 1.06 bits per heavy atom. The SMILES string of the molecule is CC(C)n1cnc2c(=N)n(O)cnc21.CC1=NN(C)c2ncnc3c2n1c[n+]3C(C)C. The van der Waals surface area contributed by atoms with Crippen molar-refractivity contribution in [2.75, 3.05) is 12.1 Å². The van der Waals surface area contributed by atoms with Gasteiger partial charge in [0.2, 0.25) is 5.52 Å². The van der Waals surface area contributed by atoms with Gasteiger partial charge in [-0.2, -0.15) is 9.71 Å². The first-order chi connectivity index (χ1) is 14.7. The smallest absolute Gasteiger partial charge is 0.308 e. The molecule has 5 heterocycles. The van der Waals surface area contributed by atoms with Gasteiger partial charge < -0.3 is 9.77 Å². The summed E-state index contributed by atoms with van der Waals surface area (Å²) in [4.78, 5) is 16.7. The lowest BCUT2D eigenvalue weighted by Gasteiger charge is -2.16. The molecule has 0 spiro atoms.